The third kappa shape index (κ3) is 3.72. The lowest BCUT2D eigenvalue weighted by Gasteiger charge is -2.13. The van der Waals surface area contributed by atoms with Gasteiger partial charge in [-0.3, -0.25) is 9.69 Å². The predicted octanol–water partition coefficient (Wildman–Crippen LogP) is 3.52. The molecule has 1 heterocycles. The smallest absolute Gasteiger partial charge is 0.229 e. The van der Waals surface area contributed by atoms with Crippen molar-refractivity contribution in [3.05, 3.63) is 17.9 Å². The molecule has 0 spiro atoms. The molecule has 0 bridgehead atoms. The van der Waals surface area contributed by atoms with Crippen LogP contribution in [0.15, 0.2) is 16.5 Å². The summed E-state index contributed by atoms with van der Waals surface area (Å²) in [7, 11) is 1.76. The molecule has 0 aromatic carbocycles. The van der Waals surface area contributed by atoms with Crippen LogP contribution in [0.3, 0.4) is 0 Å². The van der Waals surface area contributed by atoms with Crippen molar-refractivity contribution in [2.24, 2.45) is 0 Å². The van der Waals surface area contributed by atoms with Crippen molar-refractivity contribution in [1.29, 1.82) is 0 Å². The first-order valence-electron chi connectivity index (χ1n) is 5.98. The molecule has 90 valence electrons. The minimum Gasteiger partial charge on any atom is -0.445 e. The second-order valence-electron chi connectivity index (χ2n) is 4.15. The zero-order valence-electron chi connectivity index (χ0n) is 10.5. The molecular weight excluding hydrogens is 202 g/mol. The van der Waals surface area contributed by atoms with Gasteiger partial charge in [-0.2, -0.15) is 0 Å². The zero-order valence-corrected chi connectivity index (χ0v) is 10.5. The summed E-state index contributed by atoms with van der Waals surface area (Å²) in [5, 5.41) is 0. The zero-order chi connectivity index (χ0) is 12.0. The van der Waals surface area contributed by atoms with E-state index in [1.807, 2.05) is 19.1 Å². The van der Waals surface area contributed by atoms with Crippen LogP contribution in [0.1, 0.15) is 44.8 Å². The van der Waals surface area contributed by atoms with Gasteiger partial charge in [0.2, 0.25) is 11.8 Å². The summed E-state index contributed by atoms with van der Waals surface area (Å²) in [6, 6.07) is 3.70. The van der Waals surface area contributed by atoms with E-state index in [2.05, 4.69) is 6.92 Å². The molecule has 0 aliphatic heterocycles. The summed E-state index contributed by atoms with van der Waals surface area (Å²) >= 11 is 0. The maximum absolute atomic E-state index is 11.8. The highest BCUT2D eigenvalue weighted by Gasteiger charge is 2.12. The summed E-state index contributed by atoms with van der Waals surface area (Å²) in [5.74, 6) is 1.60. The first-order chi connectivity index (χ1) is 7.65. The van der Waals surface area contributed by atoms with Crippen molar-refractivity contribution >= 4 is 11.8 Å². The Hall–Kier alpha value is -1.25. The summed E-state index contributed by atoms with van der Waals surface area (Å²) in [6.45, 7) is 4.04. The van der Waals surface area contributed by atoms with Crippen LogP contribution in [0.2, 0.25) is 0 Å². The van der Waals surface area contributed by atoms with Crippen LogP contribution in [0, 0.1) is 6.92 Å². The Morgan fingerprint density at radius 2 is 2.06 bits per heavy atom. The summed E-state index contributed by atoms with van der Waals surface area (Å²) in [5.41, 5.74) is 0. The van der Waals surface area contributed by atoms with Gasteiger partial charge in [0.15, 0.2) is 0 Å². The Bertz CT molecular complexity index is 330. The van der Waals surface area contributed by atoms with E-state index in [4.69, 9.17) is 4.42 Å². The predicted molar refractivity (Wildman–Crippen MR) is 65.6 cm³/mol. The van der Waals surface area contributed by atoms with Crippen LogP contribution in [0.25, 0.3) is 0 Å². The normalized spacial score (nSPS) is 10.4. The molecule has 1 aromatic heterocycles. The minimum atomic E-state index is 0.130. The first kappa shape index (κ1) is 12.8. The van der Waals surface area contributed by atoms with Crippen molar-refractivity contribution in [1.82, 2.24) is 0 Å². The lowest BCUT2D eigenvalue weighted by Crippen LogP contribution is -2.25. The lowest BCUT2D eigenvalue weighted by atomic mass is 10.1. The second kappa shape index (κ2) is 6.36. The molecule has 0 N–H and O–H groups in total. The fourth-order valence-electron chi connectivity index (χ4n) is 1.60. The molecule has 3 nitrogen and oxygen atoms in total. The molecule has 0 saturated carbocycles. The van der Waals surface area contributed by atoms with Crippen molar-refractivity contribution in [3.63, 3.8) is 0 Å². The number of aryl methyl sites for hydroxylation is 1. The van der Waals surface area contributed by atoms with E-state index < -0.39 is 0 Å². The Morgan fingerprint density at radius 1 is 1.31 bits per heavy atom. The SMILES string of the molecule is CCCCCCC(=O)N(C)c1ccc(C)o1. The summed E-state index contributed by atoms with van der Waals surface area (Å²) in [4.78, 5) is 13.4. The van der Waals surface area contributed by atoms with Crippen molar-refractivity contribution in [2.75, 3.05) is 11.9 Å². The van der Waals surface area contributed by atoms with Crippen LogP contribution < -0.4 is 4.90 Å². The molecule has 0 fully saturated rings. The topological polar surface area (TPSA) is 33.5 Å². The van der Waals surface area contributed by atoms with Crippen molar-refractivity contribution in [2.45, 2.75) is 46.0 Å². The number of anilines is 1. The molecule has 0 radical (unpaired) electrons. The highest BCUT2D eigenvalue weighted by molar-refractivity contribution is 5.91. The van der Waals surface area contributed by atoms with Gasteiger partial charge < -0.3 is 4.42 Å². The van der Waals surface area contributed by atoms with E-state index in [-0.39, 0.29) is 5.91 Å². The van der Waals surface area contributed by atoms with Gasteiger partial charge in [-0.1, -0.05) is 26.2 Å². The molecule has 1 amide bonds. The molecule has 0 aliphatic carbocycles. The molecular formula is C13H21NO2. The molecule has 0 unspecified atom stereocenters. The average Bonchev–Trinajstić information content (AvgIpc) is 2.70. The van der Waals surface area contributed by atoms with Crippen LogP contribution in [-0.2, 0) is 4.79 Å². The average molecular weight is 223 g/mol. The number of hydrogen-bond acceptors (Lipinski definition) is 2. The van der Waals surface area contributed by atoms with Gasteiger partial charge in [0.25, 0.3) is 0 Å². The number of rotatable bonds is 6. The standard InChI is InChI=1S/C13H21NO2/c1-4-5-6-7-8-12(15)14(3)13-10-9-11(2)16-13/h9-10H,4-8H2,1-3H3. The van der Waals surface area contributed by atoms with E-state index in [9.17, 15) is 4.79 Å². The fraction of sp³-hybridized carbons (Fsp3) is 0.615. The minimum absolute atomic E-state index is 0.130. The van der Waals surface area contributed by atoms with Gasteiger partial charge in [0, 0.05) is 19.5 Å². The van der Waals surface area contributed by atoms with Crippen LogP contribution in [0.4, 0.5) is 5.88 Å². The van der Waals surface area contributed by atoms with E-state index in [1.165, 1.54) is 12.8 Å². The van der Waals surface area contributed by atoms with E-state index in [1.54, 1.807) is 11.9 Å². The van der Waals surface area contributed by atoms with E-state index >= 15 is 0 Å². The van der Waals surface area contributed by atoms with Gasteiger partial charge in [0.05, 0.1) is 0 Å². The van der Waals surface area contributed by atoms with Crippen LogP contribution in [0.5, 0.6) is 0 Å². The maximum atomic E-state index is 11.8. The van der Waals surface area contributed by atoms with Gasteiger partial charge in [0.1, 0.15) is 5.76 Å². The highest BCUT2D eigenvalue weighted by Crippen LogP contribution is 2.17. The third-order valence-electron chi connectivity index (χ3n) is 2.68. The van der Waals surface area contributed by atoms with Crippen LogP contribution in [-0.4, -0.2) is 13.0 Å². The Balaban J connectivity index is 2.36. The molecule has 0 aliphatic rings. The fourth-order valence-corrected chi connectivity index (χ4v) is 1.60. The van der Waals surface area contributed by atoms with E-state index in [0.717, 1.165) is 18.6 Å². The molecule has 16 heavy (non-hydrogen) atoms. The molecule has 0 saturated heterocycles. The Morgan fingerprint density at radius 3 is 2.62 bits per heavy atom. The van der Waals surface area contributed by atoms with Gasteiger partial charge >= 0.3 is 0 Å². The number of hydrogen-bond donors (Lipinski definition) is 0. The number of nitrogens with zero attached hydrogens (tertiary/aromatic N) is 1. The number of unbranched alkanes of at least 4 members (excludes halogenated alkanes) is 3. The van der Waals surface area contributed by atoms with Gasteiger partial charge in [-0.15, -0.1) is 0 Å². The second-order valence-corrected chi connectivity index (χ2v) is 4.15. The summed E-state index contributed by atoms with van der Waals surface area (Å²) < 4.78 is 5.40. The van der Waals surface area contributed by atoms with Crippen LogP contribution >= 0.6 is 0 Å². The molecule has 1 rings (SSSR count). The van der Waals surface area contributed by atoms with E-state index in [0.29, 0.717) is 12.3 Å². The third-order valence-corrected chi connectivity index (χ3v) is 2.68. The molecule has 3 heteroatoms. The van der Waals surface area contributed by atoms with Gasteiger partial charge in [-0.05, 0) is 19.4 Å². The molecule has 0 atom stereocenters. The quantitative estimate of drug-likeness (QED) is 0.691. The first-order valence-corrected chi connectivity index (χ1v) is 5.98. The largest absolute Gasteiger partial charge is 0.445 e. The maximum Gasteiger partial charge on any atom is 0.229 e. The number of amides is 1. The van der Waals surface area contributed by atoms with Gasteiger partial charge in [-0.25, -0.2) is 0 Å². The van der Waals surface area contributed by atoms with Crippen molar-refractivity contribution in [3.8, 4) is 0 Å². The monoisotopic (exact) mass is 223 g/mol. The number of carbonyl (C=O) groups excluding carboxylic acids is 1. The Labute approximate surface area is 97.4 Å². The number of carbonyl (C=O) groups is 1. The Kier molecular flexibility index (Phi) is 5.09. The summed E-state index contributed by atoms with van der Waals surface area (Å²) in [6.07, 6.45) is 5.11. The number of furan rings is 1. The lowest BCUT2D eigenvalue weighted by molar-refractivity contribution is -0.118. The highest BCUT2D eigenvalue weighted by atomic mass is 16.4. The molecule has 1 aromatic rings. The van der Waals surface area contributed by atoms with Crippen molar-refractivity contribution < 1.29 is 9.21 Å².